The second-order valence-electron chi connectivity index (χ2n) is 5.96. The molecule has 0 saturated heterocycles. The van der Waals surface area contributed by atoms with E-state index in [1.54, 1.807) is 24.4 Å². The van der Waals surface area contributed by atoms with Gasteiger partial charge in [-0.15, -0.1) is 0 Å². The number of nitrogens with zero attached hydrogens (tertiary/aromatic N) is 1. The van der Waals surface area contributed by atoms with Gasteiger partial charge in [-0.3, -0.25) is 5.43 Å². The maximum atomic E-state index is 13.7. The van der Waals surface area contributed by atoms with E-state index < -0.39 is 0 Å². The Bertz CT molecular complexity index is 947. The number of hydrogen-bond acceptors (Lipinski definition) is 3. The van der Waals surface area contributed by atoms with Crippen molar-refractivity contribution in [3.05, 3.63) is 101 Å². The number of rotatable bonds is 7. The lowest BCUT2D eigenvalue weighted by molar-refractivity contribution is 0.299. The van der Waals surface area contributed by atoms with Gasteiger partial charge in [0.05, 0.1) is 6.21 Å². The lowest BCUT2D eigenvalue weighted by Crippen LogP contribution is -2.31. The summed E-state index contributed by atoms with van der Waals surface area (Å²) in [6.45, 7) is 0.756. The van der Waals surface area contributed by atoms with Gasteiger partial charge in [0.25, 0.3) is 0 Å². The number of benzene rings is 3. The summed E-state index contributed by atoms with van der Waals surface area (Å²) in [7, 11) is 0. The van der Waals surface area contributed by atoms with E-state index in [0.717, 1.165) is 11.1 Å². The van der Waals surface area contributed by atoms with Crippen molar-refractivity contribution in [1.29, 1.82) is 0 Å². The van der Waals surface area contributed by atoms with Crippen LogP contribution in [-0.2, 0) is 13.2 Å². The summed E-state index contributed by atoms with van der Waals surface area (Å²) in [6, 6.07) is 23.9. The van der Waals surface area contributed by atoms with E-state index in [1.165, 1.54) is 6.07 Å². The molecule has 0 fully saturated rings. The zero-order valence-electron chi connectivity index (χ0n) is 15.1. The molecule has 0 atom stereocenters. The van der Waals surface area contributed by atoms with Crippen LogP contribution >= 0.6 is 12.2 Å². The standard InChI is InChI=1S/C22H20FN3OS/c23-20-12-6-4-11-19(20)16-27-21-13-7-5-10-18(21)15-25-26-22(28)24-14-17-8-2-1-3-9-17/h1-13,15H,14,16H2,(H2,24,26,28)/b25-15+. The molecule has 3 rings (SSSR count). The lowest BCUT2D eigenvalue weighted by Gasteiger charge is -2.10. The second-order valence-corrected chi connectivity index (χ2v) is 6.36. The molecule has 0 unspecified atom stereocenters. The summed E-state index contributed by atoms with van der Waals surface area (Å²) in [5.41, 5.74) is 5.17. The summed E-state index contributed by atoms with van der Waals surface area (Å²) in [6.07, 6.45) is 1.62. The van der Waals surface area contributed by atoms with Gasteiger partial charge in [0.1, 0.15) is 18.2 Å². The Hall–Kier alpha value is -3.25. The Morgan fingerprint density at radius 3 is 2.50 bits per heavy atom. The van der Waals surface area contributed by atoms with Crippen LogP contribution in [0.1, 0.15) is 16.7 Å². The molecule has 0 bridgehead atoms. The van der Waals surface area contributed by atoms with Crippen molar-refractivity contribution in [3.63, 3.8) is 0 Å². The molecule has 0 amide bonds. The summed E-state index contributed by atoms with van der Waals surface area (Å²) < 4.78 is 19.5. The number of nitrogens with one attached hydrogen (secondary N) is 2. The van der Waals surface area contributed by atoms with Crippen LogP contribution in [0.25, 0.3) is 0 Å². The van der Waals surface area contributed by atoms with Crippen LogP contribution in [0.3, 0.4) is 0 Å². The predicted octanol–water partition coefficient (Wildman–Crippen LogP) is 4.40. The first kappa shape index (κ1) is 19.5. The van der Waals surface area contributed by atoms with Gasteiger partial charge in [0, 0.05) is 17.7 Å². The number of thiocarbonyl (C=S) groups is 1. The maximum Gasteiger partial charge on any atom is 0.187 e. The minimum absolute atomic E-state index is 0.141. The number of hydrazone groups is 1. The monoisotopic (exact) mass is 393 g/mol. The van der Waals surface area contributed by atoms with Gasteiger partial charge in [-0.25, -0.2) is 4.39 Å². The Kier molecular flexibility index (Phi) is 7.09. The smallest absolute Gasteiger partial charge is 0.187 e. The average molecular weight is 393 g/mol. The van der Waals surface area contributed by atoms with Crippen molar-refractivity contribution in [2.24, 2.45) is 5.10 Å². The van der Waals surface area contributed by atoms with E-state index in [9.17, 15) is 4.39 Å². The van der Waals surface area contributed by atoms with Crippen molar-refractivity contribution >= 4 is 23.5 Å². The molecule has 0 aliphatic rings. The predicted molar refractivity (Wildman–Crippen MR) is 114 cm³/mol. The van der Waals surface area contributed by atoms with E-state index in [-0.39, 0.29) is 12.4 Å². The van der Waals surface area contributed by atoms with Gasteiger partial charge in [-0.2, -0.15) is 5.10 Å². The van der Waals surface area contributed by atoms with Gasteiger partial charge in [-0.1, -0.05) is 60.7 Å². The molecule has 2 N–H and O–H groups in total. The maximum absolute atomic E-state index is 13.7. The third kappa shape index (κ3) is 5.89. The highest BCUT2D eigenvalue weighted by Crippen LogP contribution is 2.18. The van der Waals surface area contributed by atoms with E-state index in [0.29, 0.717) is 23.0 Å². The van der Waals surface area contributed by atoms with Crippen LogP contribution in [-0.4, -0.2) is 11.3 Å². The molecule has 3 aromatic carbocycles. The molecule has 6 heteroatoms. The fourth-order valence-corrected chi connectivity index (χ4v) is 2.59. The van der Waals surface area contributed by atoms with Crippen LogP contribution in [0, 0.1) is 5.82 Å². The number of ether oxygens (including phenoxy) is 1. The quantitative estimate of drug-likeness (QED) is 0.355. The lowest BCUT2D eigenvalue weighted by atomic mass is 10.2. The molecule has 28 heavy (non-hydrogen) atoms. The van der Waals surface area contributed by atoms with Gasteiger partial charge < -0.3 is 10.1 Å². The van der Waals surface area contributed by atoms with Crippen molar-refractivity contribution < 1.29 is 9.13 Å². The number of hydrogen-bond donors (Lipinski definition) is 2. The van der Waals surface area contributed by atoms with Crippen LogP contribution in [0.15, 0.2) is 84.0 Å². The normalized spacial score (nSPS) is 10.6. The summed E-state index contributed by atoms with van der Waals surface area (Å²) >= 11 is 5.22. The molecule has 0 aliphatic carbocycles. The molecule has 0 saturated carbocycles. The third-order valence-corrected chi connectivity index (χ3v) is 4.16. The first-order valence-electron chi connectivity index (χ1n) is 8.78. The van der Waals surface area contributed by atoms with E-state index in [1.807, 2.05) is 54.6 Å². The number of para-hydroxylation sites is 1. The van der Waals surface area contributed by atoms with E-state index in [4.69, 9.17) is 17.0 Å². The van der Waals surface area contributed by atoms with Crippen LogP contribution in [0.2, 0.25) is 0 Å². The van der Waals surface area contributed by atoms with Gasteiger partial charge >= 0.3 is 0 Å². The fourth-order valence-electron chi connectivity index (χ4n) is 2.47. The zero-order valence-corrected chi connectivity index (χ0v) is 16.0. The molecule has 0 aliphatic heterocycles. The summed E-state index contributed by atoms with van der Waals surface area (Å²) in [4.78, 5) is 0. The molecule has 0 radical (unpaired) electrons. The Morgan fingerprint density at radius 2 is 1.68 bits per heavy atom. The summed E-state index contributed by atoms with van der Waals surface area (Å²) in [5.74, 6) is 0.324. The zero-order chi connectivity index (χ0) is 19.6. The highest BCUT2D eigenvalue weighted by molar-refractivity contribution is 7.80. The largest absolute Gasteiger partial charge is 0.488 e. The minimum Gasteiger partial charge on any atom is -0.488 e. The molecule has 4 nitrogen and oxygen atoms in total. The Labute approximate surface area is 169 Å². The van der Waals surface area contributed by atoms with Crippen molar-refractivity contribution in [2.45, 2.75) is 13.2 Å². The SMILES string of the molecule is Fc1ccccc1COc1ccccc1/C=N/NC(=S)NCc1ccccc1. The molecule has 0 heterocycles. The Morgan fingerprint density at radius 1 is 0.964 bits per heavy atom. The van der Waals surface area contributed by atoms with Crippen molar-refractivity contribution in [3.8, 4) is 5.75 Å². The van der Waals surface area contributed by atoms with Gasteiger partial charge in [-0.05, 0) is 36.0 Å². The first-order valence-corrected chi connectivity index (χ1v) is 9.19. The second kappa shape index (κ2) is 10.2. The average Bonchev–Trinajstić information content (AvgIpc) is 2.73. The van der Waals surface area contributed by atoms with Gasteiger partial charge in [0.2, 0.25) is 0 Å². The van der Waals surface area contributed by atoms with Crippen molar-refractivity contribution in [1.82, 2.24) is 10.7 Å². The first-order chi connectivity index (χ1) is 13.7. The summed E-state index contributed by atoms with van der Waals surface area (Å²) in [5, 5.41) is 7.66. The highest BCUT2D eigenvalue weighted by Gasteiger charge is 2.04. The van der Waals surface area contributed by atoms with E-state index >= 15 is 0 Å². The van der Waals surface area contributed by atoms with Crippen molar-refractivity contribution in [2.75, 3.05) is 0 Å². The van der Waals surface area contributed by atoms with Crippen LogP contribution in [0.5, 0.6) is 5.75 Å². The highest BCUT2D eigenvalue weighted by atomic mass is 32.1. The Balaban J connectivity index is 1.53. The van der Waals surface area contributed by atoms with Gasteiger partial charge in [0.15, 0.2) is 5.11 Å². The molecule has 0 spiro atoms. The topological polar surface area (TPSA) is 45.6 Å². The fraction of sp³-hybridized carbons (Fsp3) is 0.0909. The molecular weight excluding hydrogens is 373 g/mol. The third-order valence-electron chi connectivity index (χ3n) is 3.93. The van der Waals surface area contributed by atoms with Crippen LogP contribution in [0.4, 0.5) is 4.39 Å². The molecule has 0 aromatic heterocycles. The van der Waals surface area contributed by atoms with E-state index in [2.05, 4.69) is 15.8 Å². The molecule has 142 valence electrons. The number of halogens is 1. The molecule has 3 aromatic rings. The molecular formula is C22H20FN3OS. The van der Waals surface area contributed by atoms with Crippen LogP contribution < -0.4 is 15.5 Å². The minimum atomic E-state index is -0.287.